The molecule has 0 radical (unpaired) electrons. The maximum atomic E-state index is 8.96. The lowest BCUT2D eigenvalue weighted by Crippen LogP contribution is -2.49. The first kappa shape index (κ1) is 9.47. The average Bonchev–Trinajstić information content (AvgIpc) is 2.27. The van der Waals surface area contributed by atoms with Gasteiger partial charge in [-0.25, -0.2) is 0 Å². The Morgan fingerprint density at radius 3 is 2.64 bits per heavy atom. The molecule has 3 fully saturated rings. The molecule has 0 amide bonds. The first-order chi connectivity index (χ1) is 6.85. The Labute approximate surface area is 84.1 Å². The highest BCUT2D eigenvalue weighted by atomic mass is 16.6. The van der Waals surface area contributed by atoms with Crippen molar-refractivity contribution in [3.63, 3.8) is 0 Å². The zero-order chi connectivity index (χ0) is 9.97. The van der Waals surface area contributed by atoms with E-state index in [1.165, 1.54) is 33.0 Å². The van der Waals surface area contributed by atoms with Gasteiger partial charge in [-0.2, -0.15) is 5.26 Å². The molecular formula is C10H15N3O. The third kappa shape index (κ3) is 1.60. The number of rotatable bonds is 2. The first-order valence-corrected chi connectivity index (χ1v) is 5.08. The predicted molar refractivity (Wildman–Crippen MR) is 52.7 cm³/mol. The topological polar surface area (TPSA) is 48.6 Å². The monoisotopic (exact) mass is 193 g/mol. The Morgan fingerprint density at radius 2 is 2.21 bits per heavy atom. The van der Waals surface area contributed by atoms with E-state index in [-0.39, 0.29) is 0 Å². The number of nitriles is 1. The summed E-state index contributed by atoms with van der Waals surface area (Å²) < 4.78 is 0. The summed E-state index contributed by atoms with van der Waals surface area (Å²) in [5, 5.41) is 12.8. The summed E-state index contributed by atoms with van der Waals surface area (Å²) in [6, 6.07) is 2.16. The second kappa shape index (κ2) is 3.97. The van der Waals surface area contributed by atoms with E-state index >= 15 is 0 Å². The molecule has 3 saturated heterocycles. The van der Waals surface area contributed by atoms with Crippen molar-refractivity contribution in [3.8, 4) is 6.07 Å². The minimum Gasteiger partial charge on any atom is -0.398 e. The molecule has 1 unspecified atom stereocenters. The van der Waals surface area contributed by atoms with E-state index in [0.717, 1.165) is 6.54 Å². The Hall–Kier alpha value is -1.08. The quantitative estimate of drug-likeness (QED) is 0.482. The highest BCUT2D eigenvalue weighted by Crippen LogP contribution is 2.33. The van der Waals surface area contributed by atoms with E-state index in [2.05, 4.69) is 16.1 Å². The van der Waals surface area contributed by atoms with E-state index in [1.54, 1.807) is 0 Å². The van der Waals surface area contributed by atoms with Crippen molar-refractivity contribution >= 4 is 5.71 Å². The largest absolute Gasteiger partial charge is 0.398 e. The Morgan fingerprint density at radius 1 is 1.50 bits per heavy atom. The molecule has 0 saturated carbocycles. The Balaban J connectivity index is 2.11. The van der Waals surface area contributed by atoms with Gasteiger partial charge in [0.2, 0.25) is 0 Å². The second-order valence-electron chi connectivity index (χ2n) is 4.02. The number of oxime groups is 1. The summed E-state index contributed by atoms with van der Waals surface area (Å²) in [5.41, 5.74) is 0.571. The van der Waals surface area contributed by atoms with E-state index in [0.29, 0.717) is 17.5 Å². The van der Waals surface area contributed by atoms with Crippen LogP contribution in [0.15, 0.2) is 5.16 Å². The van der Waals surface area contributed by atoms with Crippen molar-refractivity contribution in [2.45, 2.75) is 12.8 Å². The summed E-state index contributed by atoms with van der Waals surface area (Å²) in [5.74, 6) is 0.955. The van der Waals surface area contributed by atoms with Gasteiger partial charge in [-0.15, -0.1) is 0 Å². The van der Waals surface area contributed by atoms with Gasteiger partial charge in [0.05, 0.1) is 0 Å². The van der Waals surface area contributed by atoms with Crippen LogP contribution in [0.5, 0.6) is 0 Å². The molecule has 4 nitrogen and oxygen atoms in total. The summed E-state index contributed by atoms with van der Waals surface area (Å²) in [7, 11) is 1.50. The average molecular weight is 193 g/mol. The number of hydrogen-bond donors (Lipinski definition) is 0. The number of piperidine rings is 3. The molecule has 0 N–H and O–H groups in total. The molecule has 2 bridgehead atoms. The van der Waals surface area contributed by atoms with Crippen LogP contribution in [0.4, 0.5) is 0 Å². The molecule has 1 atom stereocenters. The number of hydrogen-bond acceptors (Lipinski definition) is 4. The van der Waals surface area contributed by atoms with Gasteiger partial charge in [0.25, 0.3) is 0 Å². The fourth-order valence-corrected chi connectivity index (χ4v) is 2.54. The summed E-state index contributed by atoms with van der Waals surface area (Å²) in [4.78, 5) is 7.11. The normalized spacial score (nSPS) is 36.6. The van der Waals surface area contributed by atoms with Crippen LogP contribution >= 0.6 is 0 Å². The van der Waals surface area contributed by atoms with Crippen LogP contribution in [-0.2, 0) is 4.84 Å². The molecule has 76 valence electrons. The molecule has 4 heteroatoms. The summed E-state index contributed by atoms with van der Waals surface area (Å²) in [6.07, 6.45) is 2.41. The second-order valence-corrected chi connectivity index (χ2v) is 4.02. The van der Waals surface area contributed by atoms with E-state index in [9.17, 15) is 0 Å². The number of nitrogens with zero attached hydrogens (tertiary/aromatic N) is 3. The minimum atomic E-state index is 0.308. The molecular weight excluding hydrogens is 178 g/mol. The lowest BCUT2D eigenvalue weighted by molar-refractivity contribution is 0.0800. The molecule has 3 rings (SSSR count). The lowest BCUT2D eigenvalue weighted by atomic mass is 9.77. The fraction of sp³-hybridized carbons (Fsp3) is 0.800. The highest BCUT2D eigenvalue weighted by molar-refractivity contribution is 6.00. The molecule has 0 aliphatic carbocycles. The first-order valence-electron chi connectivity index (χ1n) is 5.08. The number of fused-ring (bicyclic) bond motifs is 3. The summed E-state index contributed by atoms with van der Waals surface area (Å²) in [6.45, 7) is 3.36. The van der Waals surface area contributed by atoms with Crippen molar-refractivity contribution in [2.75, 3.05) is 26.7 Å². The van der Waals surface area contributed by atoms with Gasteiger partial charge in [0.15, 0.2) is 5.71 Å². The lowest BCUT2D eigenvalue weighted by Gasteiger charge is -2.43. The van der Waals surface area contributed by atoms with Crippen LogP contribution in [0.2, 0.25) is 0 Å². The maximum Gasteiger partial charge on any atom is 0.161 e. The minimum absolute atomic E-state index is 0.308. The molecule has 14 heavy (non-hydrogen) atoms. The van der Waals surface area contributed by atoms with Crippen molar-refractivity contribution in [1.29, 1.82) is 5.26 Å². The third-order valence-corrected chi connectivity index (χ3v) is 3.31. The molecule has 0 spiro atoms. The van der Waals surface area contributed by atoms with Gasteiger partial charge in [-0.1, -0.05) is 5.16 Å². The molecule has 0 aromatic heterocycles. The van der Waals surface area contributed by atoms with Crippen LogP contribution in [0.3, 0.4) is 0 Å². The zero-order valence-electron chi connectivity index (χ0n) is 8.44. The van der Waals surface area contributed by atoms with Gasteiger partial charge in [-0.05, 0) is 31.8 Å². The molecule has 3 aliphatic rings. The van der Waals surface area contributed by atoms with Gasteiger partial charge >= 0.3 is 0 Å². The van der Waals surface area contributed by atoms with E-state index in [1.807, 2.05) is 0 Å². The van der Waals surface area contributed by atoms with Gasteiger partial charge in [0.1, 0.15) is 13.2 Å². The zero-order valence-corrected chi connectivity index (χ0v) is 8.44. The van der Waals surface area contributed by atoms with Crippen molar-refractivity contribution in [1.82, 2.24) is 4.90 Å². The highest BCUT2D eigenvalue weighted by Gasteiger charge is 2.37. The molecule has 0 aromatic rings. The maximum absolute atomic E-state index is 8.96. The van der Waals surface area contributed by atoms with Gasteiger partial charge < -0.3 is 9.74 Å². The van der Waals surface area contributed by atoms with Crippen LogP contribution < -0.4 is 0 Å². The van der Waals surface area contributed by atoms with Crippen molar-refractivity contribution in [2.24, 2.45) is 17.0 Å². The van der Waals surface area contributed by atoms with Crippen molar-refractivity contribution < 1.29 is 4.84 Å². The third-order valence-electron chi connectivity index (χ3n) is 3.31. The van der Waals surface area contributed by atoms with Crippen LogP contribution in [0.25, 0.3) is 0 Å². The SMILES string of the molecule is CO/N=C(/C#N)C1CN2CCC1CC2. The van der Waals surface area contributed by atoms with Crippen LogP contribution in [0, 0.1) is 23.2 Å². The smallest absolute Gasteiger partial charge is 0.161 e. The van der Waals surface area contributed by atoms with Crippen LogP contribution in [0.1, 0.15) is 12.8 Å². The standard InChI is InChI=1S/C10H15N3O/c1-14-12-10(6-11)9-7-13-4-2-8(9)3-5-13/h8-9H,2-5,7H2,1H3/b12-10-. The van der Waals surface area contributed by atoms with Crippen LogP contribution in [-0.4, -0.2) is 37.4 Å². The van der Waals surface area contributed by atoms with Gasteiger partial charge in [0, 0.05) is 12.5 Å². The van der Waals surface area contributed by atoms with Crippen molar-refractivity contribution in [3.05, 3.63) is 0 Å². The molecule has 0 aromatic carbocycles. The Kier molecular flexibility index (Phi) is 2.69. The van der Waals surface area contributed by atoms with Gasteiger partial charge in [-0.3, -0.25) is 0 Å². The Bertz CT molecular complexity index is 274. The van der Waals surface area contributed by atoms with E-state index < -0.39 is 0 Å². The summed E-state index contributed by atoms with van der Waals surface area (Å²) >= 11 is 0. The predicted octanol–water partition coefficient (Wildman–Crippen LogP) is 0.854. The molecule has 3 aliphatic heterocycles. The van der Waals surface area contributed by atoms with E-state index in [4.69, 9.17) is 10.1 Å². The fourth-order valence-electron chi connectivity index (χ4n) is 2.54. The molecule has 3 heterocycles.